The van der Waals surface area contributed by atoms with E-state index in [1.165, 1.54) is 5.56 Å². The second kappa shape index (κ2) is 3.75. The Hall–Kier alpha value is -0.480. The fourth-order valence-corrected chi connectivity index (χ4v) is 9.81. The van der Waals surface area contributed by atoms with Crippen molar-refractivity contribution in [1.82, 2.24) is 0 Å². The molecule has 0 saturated heterocycles. The van der Waals surface area contributed by atoms with Gasteiger partial charge >= 0.3 is 0 Å². The summed E-state index contributed by atoms with van der Waals surface area (Å²) in [6.45, 7) is -0.726. The van der Waals surface area contributed by atoms with Crippen LogP contribution in [0.2, 0.25) is 0 Å². The first-order valence-electron chi connectivity index (χ1n) is 7.18. The van der Waals surface area contributed by atoms with Crippen molar-refractivity contribution in [3.05, 3.63) is 35.9 Å². The molecule has 0 amide bonds. The molecule has 0 aliphatic heterocycles. The molecule has 0 bridgehead atoms. The lowest BCUT2D eigenvalue weighted by Crippen LogP contribution is -2.05. The Kier molecular flexibility index (Phi) is 2.31. The number of hydrogen-bond donors (Lipinski definition) is 0. The van der Waals surface area contributed by atoms with Crippen LogP contribution in [-0.4, -0.2) is 22.8 Å². The molecular weight excluding hydrogens is 223 g/mol. The largest absolute Gasteiger partial charge is 0.0954 e. The zero-order valence-electron chi connectivity index (χ0n) is 10.4. The molecule has 0 nitrogen and oxygen atoms in total. The second-order valence-electron chi connectivity index (χ2n) is 6.13. The number of rotatable bonds is 4. The van der Waals surface area contributed by atoms with Crippen LogP contribution in [0, 0.1) is 0 Å². The van der Waals surface area contributed by atoms with Gasteiger partial charge in [-0.3, -0.25) is 0 Å². The minimum atomic E-state index is -0.726. The van der Waals surface area contributed by atoms with Crippen LogP contribution in [0.4, 0.5) is 0 Å². The van der Waals surface area contributed by atoms with E-state index in [1.807, 2.05) is 0 Å². The van der Waals surface area contributed by atoms with Gasteiger partial charge in [-0.25, -0.2) is 0 Å². The van der Waals surface area contributed by atoms with Gasteiger partial charge in [-0.2, -0.15) is 0 Å². The van der Waals surface area contributed by atoms with Crippen molar-refractivity contribution in [2.24, 2.45) is 0 Å². The van der Waals surface area contributed by atoms with Gasteiger partial charge in [0.25, 0.3) is 0 Å². The summed E-state index contributed by atoms with van der Waals surface area (Å²) in [7, 11) is 0. The lowest BCUT2D eigenvalue weighted by atomic mass is 10.2. The van der Waals surface area contributed by atoms with Crippen LogP contribution in [-0.2, 0) is 0 Å². The molecule has 3 fully saturated rings. The molecule has 0 unspecified atom stereocenters. The summed E-state index contributed by atoms with van der Waals surface area (Å²) < 4.78 is 0. The summed E-state index contributed by atoms with van der Waals surface area (Å²) in [6.07, 6.45) is 9.27. The highest BCUT2D eigenvalue weighted by molar-refractivity contribution is 7.78. The van der Waals surface area contributed by atoms with Gasteiger partial charge in [-0.15, -0.1) is 0 Å². The van der Waals surface area contributed by atoms with Crippen molar-refractivity contribution >= 4 is 12.7 Å². The van der Waals surface area contributed by atoms with Crippen LogP contribution in [0.25, 0.3) is 0 Å². The van der Waals surface area contributed by atoms with Gasteiger partial charge in [-0.1, -0.05) is 43.0 Å². The molecule has 3 aliphatic rings. The highest BCUT2D eigenvalue weighted by Gasteiger charge is 2.53. The molecule has 1 aromatic carbocycles. The van der Waals surface area contributed by atoms with E-state index in [0.717, 1.165) is 17.0 Å². The maximum Gasteiger partial charge on any atom is -0.0205 e. The number of hydrogen-bond acceptors (Lipinski definition) is 0. The Morgan fingerprint density at radius 3 is 1.65 bits per heavy atom. The highest BCUT2D eigenvalue weighted by atomic mass is 31.2. The molecule has 3 saturated carbocycles. The summed E-state index contributed by atoms with van der Waals surface area (Å²) in [5.41, 5.74) is 4.94. The second-order valence-corrected chi connectivity index (χ2v) is 10.4. The Bertz CT molecular complexity index is 424. The molecule has 0 spiro atoms. The SMILES string of the molecule is C(c1ccccc1)=P(C1CC1)(C1CC1)C1CC1. The molecule has 0 aromatic heterocycles. The van der Waals surface area contributed by atoms with Crippen molar-refractivity contribution in [2.45, 2.75) is 55.5 Å². The van der Waals surface area contributed by atoms with Crippen molar-refractivity contribution in [3.8, 4) is 0 Å². The predicted molar refractivity (Wildman–Crippen MR) is 77.6 cm³/mol. The van der Waals surface area contributed by atoms with E-state index >= 15 is 0 Å². The van der Waals surface area contributed by atoms with Crippen molar-refractivity contribution < 1.29 is 0 Å². The first-order chi connectivity index (χ1) is 8.39. The molecule has 3 aliphatic carbocycles. The lowest BCUT2D eigenvalue weighted by molar-refractivity contribution is 1.28. The number of benzene rings is 1. The topological polar surface area (TPSA) is 0 Å². The minimum Gasteiger partial charge on any atom is -0.0954 e. The lowest BCUT2D eigenvalue weighted by Gasteiger charge is -2.26. The molecule has 1 aromatic rings. The van der Waals surface area contributed by atoms with Crippen LogP contribution >= 0.6 is 6.89 Å². The van der Waals surface area contributed by atoms with Crippen LogP contribution in [0.1, 0.15) is 44.1 Å². The molecule has 1 heteroatoms. The third-order valence-corrected chi connectivity index (χ3v) is 10.8. The monoisotopic (exact) mass is 244 g/mol. The normalized spacial score (nSPS) is 24.7. The van der Waals surface area contributed by atoms with Gasteiger partial charge in [0.1, 0.15) is 0 Å². The zero-order chi connectivity index (χ0) is 11.3. The van der Waals surface area contributed by atoms with Crippen LogP contribution in [0.3, 0.4) is 0 Å². The Morgan fingerprint density at radius 1 is 0.765 bits per heavy atom. The molecule has 90 valence electrons. The molecule has 17 heavy (non-hydrogen) atoms. The molecule has 0 atom stereocenters. The molecule has 0 heterocycles. The maximum atomic E-state index is 2.79. The summed E-state index contributed by atoms with van der Waals surface area (Å²) >= 11 is 0. The quantitative estimate of drug-likeness (QED) is 0.691. The first-order valence-corrected chi connectivity index (χ1v) is 9.25. The average molecular weight is 244 g/mol. The Balaban J connectivity index is 1.81. The zero-order valence-corrected chi connectivity index (χ0v) is 11.3. The smallest absolute Gasteiger partial charge is 0.0205 e. The summed E-state index contributed by atoms with van der Waals surface area (Å²) in [4.78, 5) is 0. The van der Waals surface area contributed by atoms with Crippen LogP contribution < -0.4 is 0 Å². The van der Waals surface area contributed by atoms with Gasteiger partial charge in [0, 0.05) is 0 Å². The summed E-state index contributed by atoms with van der Waals surface area (Å²) in [5, 5.41) is 0. The van der Waals surface area contributed by atoms with Crippen molar-refractivity contribution in [1.29, 1.82) is 0 Å². The summed E-state index contributed by atoms with van der Waals surface area (Å²) in [6, 6.07) is 11.2. The summed E-state index contributed by atoms with van der Waals surface area (Å²) in [5.74, 6) is 2.79. The van der Waals surface area contributed by atoms with E-state index < -0.39 is 6.89 Å². The molecular formula is C16H21P. The van der Waals surface area contributed by atoms with Gasteiger partial charge < -0.3 is 0 Å². The van der Waals surface area contributed by atoms with E-state index in [1.54, 1.807) is 38.5 Å². The standard InChI is InChI=1S/C16H21P/c1-2-4-13(5-3-1)12-17(14-6-7-14,15-8-9-15)16-10-11-16/h1-5,12,14-16H,6-11H2. The third kappa shape index (κ3) is 1.82. The van der Waals surface area contributed by atoms with E-state index in [2.05, 4.69) is 36.1 Å². The van der Waals surface area contributed by atoms with Crippen molar-refractivity contribution in [3.63, 3.8) is 0 Å². The predicted octanol–water partition coefficient (Wildman–Crippen LogP) is 4.34. The van der Waals surface area contributed by atoms with E-state index in [4.69, 9.17) is 0 Å². The fourth-order valence-electron chi connectivity index (χ4n) is 3.57. The third-order valence-electron chi connectivity index (χ3n) is 4.71. The average Bonchev–Trinajstić information content (AvgIpc) is 3.21. The van der Waals surface area contributed by atoms with Crippen LogP contribution in [0.15, 0.2) is 30.3 Å². The minimum absolute atomic E-state index is 0.726. The highest BCUT2D eigenvalue weighted by Crippen LogP contribution is 2.78. The molecule has 4 rings (SSSR count). The first kappa shape index (κ1) is 10.4. The van der Waals surface area contributed by atoms with Crippen LogP contribution in [0.5, 0.6) is 0 Å². The van der Waals surface area contributed by atoms with E-state index in [-0.39, 0.29) is 0 Å². The maximum absolute atomic E-state index is 2.79. The van der Waals surface area contributed by atoms with Gasteiger partial charge in [0.05, 0.1) is 0 Å². The van der Waals surface area contributed by atoms with Gasteiger partial charge in [-0.05, 0) is 61.1 Å². The Morgan fingerprint density at radius 2 is 1.24 bits per heavy atom. The van der Waals surface area contributed by atoms with Crippen molar-refractivity contribution in [2.75, 3.05) is 0 Å². The Labute approximate surface area is 104 Å². The molecule has 0 N–H and O–H groups in total. The van der Waals surface area contributed by atoms with Gasteiger partial charge in [0.15, 0.2) is 0 Å². The van der Waals surface area contributed by atoms with Gasteiger partial charge in [0.2, 0.25) is 0 Å². The van der Waals surface area contributed by atoms with E-state index in [9.17, 15) is 0 Å². The molecule has 0 radical (unpaired) electrons. The fraction of sp³-hybridized carbons (Fsp3) is 0.562. The van der Waals surface area contributed by atoms with E-state index in [0.29, 0.717) is 0 Å².